The van der Waals surface area contributed by atoms with Crippen LogP contribution < -0.4 is 5.32 Å². The summed E-state index contributed by atoms with van der Waals surface area (Å²) in [5, 5.41) is 3.68. The van der Waals surface area contributed by atoms with Crippen molar-refractivity contribution < 1.29 is 8.42 Å². The summed E-state index contributed by atoms with van der Waals surface area (Å²) in [5.41, 5.74) is 0. The third-order valence-electron chi connectivity index (χ3n) is 2.97. The summed E-state index contributed by atoms with van der Waals surface area (Å²) in [5.74, 6) is 1.18. The van der Waals surface area contributed by atoms with E-state index in [-0.39, 0.29) is 5.75 Å². The van der Waals surface area contributed by atoms with Gasteiger partial charge in [0.2, 0.25) is 10.0 Å². The van der Waals surface area contributed by atoms with Gasteiger partial charge in [-0.2, -0.15) is 16.1 Å². The van der Waals surface area contributed by atoms with Crippen LogP contribution in [0.15, 0.2) is 0 Å². The molecule has 1 aliphatic heterocycles. The fourth-order valence-electron chi connectivity index (χ4n) is 1.85. The minimum atomic E-state index is -3.03. The molecule has 6 heteroatoms. The molecule has 2 rings (SSSR count). The molecule has 0 bridgehead atoms. The van der Waals surface area contributed by atoms with E-state index in [0.717, 1.165) is 5.75 Å². The van der Waals surface area contributed by atoms with Crippen molar-refractivity contribution in [2.45, 2.75) is 31.1 Å². The fourth-order valence-corrected chi connectivity index (χ4v) is 4.53. The molecule has 94 valence electrons. The summed E-state index contributed by atoms with van der Waals surface area (Å²) in [6.07, 6.45) is 2.41. The number of rotatable bonds is 5. The van der Waals surface area contributed by atoms with Gasteiger partial charge in [0, 0.05) is 36.7 Å². The van der Waals surface area contributed by atoms with Crippen LogP contribution in [0.4, 0.5) is 0 Å². The van der Waals surface area contributed by atoms with Crippen LogP contribution in [0.2, 0.25) is 0 Å². The van der Waals surface area contributed by atoms with Crippen molar-refractivity contribution >= 4 is 21.8 Å². The van der Waals surface area contributed by atoms with Gasteiger partial charge in [0.15, 0.2) is 0 Å². The standard InChI is InChI=1S/C10H20N2O2S2/c1-9-8-12(5-6-15-9)16(13,14)7-4-11-10-2-3-10/h9-11H,2-8H2,1H3. The number of nitrogens with one attached hydrogen (secondary N) is 1. The monoisotopic (exact) mass is 264 g/mol. The van der Waals surface area contributed by atoms with Crippen molar-refractivity contribution in [2.75, 3.05) is 31.1 Å². The predicted molar refractivity (Wildman–Crippen MR) is 68.3 cm³/mol. The van der Waals surface area contributed by atoms with Crippen molar-refractivity contribution in [1.82, 2.24) is 9.62 Å². The van der Waals surface area contributed by atoms with E-state index in [1.165, 1.54) is 12.8 Å². The molecule has 0 aromatic rings. The first-order valence-corrected chi connectivity index (χ1v) is 8.56. The second-order valence-electron chi connectivity index (χ2n) is 4.58. The molecule has 0 aromatic carbocycles. The van der Waals surface area contributed by atoms with Gasteiger partial charge in [-0.15, -0.1) is 0 Å². The molecule has 1 saturated carbocycles. The molecular weight excluding hydrogens is 244 g/mol. The van der Waals surface area contributed by atoms with E-state index in [2.05, 4.69) is 12.2 Å². The molecule has 2 fully saturated rings. The van der Waals surface area contributed by atoms with Crippen molar-refractivity contribution in [2.24, 2.45) is 0 Å². The average molecular weight is 264 g/mol. The molecule has 1 N–H and O–H groups in total. The quantitative estimate of drug-likeness (QED) is 0.786. The maximum Gasteiger partial charge on any atom is 0.215 e. The van der Waals surface area contributed by atoms with Crippen LogP contribution in [0.3, 0.4) is 0 Å². The summed E-state index contributed by atoms with van der Waals surface area (Å²) >= 11 is 1.85. The van der Waals surface area contributed by atoms with Gasteiger partial charge in [0.05, 0.1) is 5.75 Å². The van der Waals surface area contributed by atoms with E-state index < -0.39 is 10.0 Å². The van der Waals surface area contributed by atoms with Gasteiger partial charge in [0.25, 0.3) is 0 Å². The van der Waals surface area contributed by atoms with Crippen LogP contribution in [0.5, 0.6) is 0 Å². The summed E-state index contributed by atoms with van der Waals surface area (Å²) in [6.45, 7) is 4.05. The van der Waals surface area contributed by atoms with Crippen LogP contribution in [-0.4, -0.2) is 55.2 Å². The maximum absolute atomic E-state index is 12.0. The zero-order valence-electron chi connectivity index (χ0n) is 9.68. The molecule has 16 heavy (non-hydrogen) atoms. The molecule has 1 aliphatic carbocycles. The van der Waals surface area contributed by atoms with Crippen molar-refractivity contribution in [1.29, 1.82) is 0 Å². The highest BCUT2D eigenvalue weighted by Crippen LogP contribution is 2.21. The topological polar surface area (TPSA) is 49.4 Å². The average Bonchev–Trinajstić information content (AvgIpc) is 3.01. The largest absolute Gasteiger partial charge is 0.313 e. The van der Waals surface area contributed by atoms with E-state index >= 15 is 0 Å². The highest BCUT2D eigenvalue weighted by Gasteiger charge is 2.28. The molecule has 1 unspecified atom stereocenters. The Hall–Kier alpha value is 0.220. The van der Waals surface area contributed by atoms with E-state index in [4.69, 9.17) is 0 Å². The van der Waals surface area contributed by atoms with Gasteiger partial charge in [-0.1, -0.05) is 6.92 Å². The molecule has 2 aliphatic rings. The van der Waals surface area contributed by atoms with Gasteiger partial charge < -0.3 is 5.32 Å². The molecular formula is C10H20N2O2S2. The number of nitrogens with zero attached hydrogens (tertiary/aromatic N) is 1. The smallest absolute Gasteiger partial charge is 0.215 e. The van der Waals surface area contributed by atoms with Crippen LogP contribution in [-0.2, 0) is 10.0 Å². The highest BCUT2D eigenvalue weighted by molar-refractivity contribution is 8.00. The van der Waals surface area contributed by atoms with Gasteiger partial charge >= 0.3 is 0 Å². The summed E-state index contributed by atoms with van der Waals surface area (Å²) in [6, 6.07) is 0.589. The van der Waals surface area contributed by atoms with E-state index in [9.17, 15) is 8.42 Å². The normalized spacial score (nSPS) is 28.2. The first-order chi connectivity index (χ1) is 7.58. The zero-order chi connectivity index (χ0) is 11.6. The van der Waals surface area contributed by atoms with E-state index in [1.807, 2.05) is 11.8 Å². The van der Waals surface area contributed by atoms with Crippen LogP contribution in [0, 0.1) is 0 Å². The zero-order valence-corrected chi connectivity index (χ0v) is 11.3. The van der Waals surface area contributed by atoms with Gasteiger partial charge in [-0.25, -0.2) is 8.42 Å². The number of sulfonamides is 1. The second kappa shape index (κ2) is 5.25. The van der Waals surface area contributed by atoms with E-state index in [1.54, 1.807) is 4.31 Å². The highest BCUT2D eigenvalue weighted by atomic mass is 32.2. The second-order valence-corrected chi connectivity index (χ2v) is 8.22. The minimum absolute atomic E-state index is 0.251. The molecule has 0 radical (unpaired) electrons. The molecule has 0 aromatic heterocycles. The Labute approximate surface area is 102 Å². The molecule has 4 nitrogen and oxygen atoms in total. The van der Waals surface area contributed by atoms with Crippen molar-refractivity contribution in [3.8, 4) is 0 Å². The van der Waals surface area contributed by atoms with Gasteiger partial charge in [0.1, 0.15) is 0 Å². The van der Waals surface area contributed by atoms with Gasteiger partial charge in [-0.3, -0.25) is 0 Å². The van der Waals surface area contributed by atoms with Gasteiger partial charge in [-0.05, 0) is 12.8 Å². The van der Waals surface area contributed by atoms with Crippen LogP contribution in [0.1, 0.15) is 19.8 Å². The van der Waals surface area contributed by atoms with E-state index in [0.29, 0.717) is 30.9 Å². The van der Waals surface area contributed by atoms with Crippen LogP contribution in [0.25, 0.3) is 0 Å². The first kappa shape index (κ1) is 12.7. The maximum atomic E-state index is 12.0. The Kier molecular flexibility index (Phi) is 4.15. The van der Waals surface area contributed by atoms with Crippen molar-refractivity contribution in [3.63, 3.8) is 0 Å². The SMILES string of the molecule is CC1CN(S(=O)(=O)CCNC2CC2)CCS1. The minimum Gasteiger partial charge on any atom is -0.313 e. The third kappa shape index (κ3) is 3.61. The first-order valence-electron chi connectivity index (χ1n) is 5.91. The Morgan fingerprint density at radius 3 is 2.81 bits per heavy atom. The summed E-state index contributed by atoms with van der Waals surface area (Å²) in [4.78, 5) is 0. The Morgan fingerprint density at radius 2 is 2.19 bits per heavy atom. The number of hydrogen-bond donors (Lipinski definition) is 1. The lowest BCUT2D eigenvalue weighted by Gasteiger charge is -2.29. The molecule has 0 amide bonds. The molecule has 1 heterocycles. The van der Waals surface area contributed by atoms with Crippen LogP contribution >= 0.6 is 11.8 Å². The molecule has 1 saturated heterocycles. The number of thioether (sulfide) groups is 1. The Balaban J connectivity index is 1.79. The lowest BCUT2D eigenvalue weighted by molar-refractivity contribution is 0.423. The Bertz CT molecular complexity index is 328. The summed E-state index contributed by atoms with van der Waals surface area (Å²) in [7, 11) is -3.03. The Morgan fingerprint density at radius 1 is 1.44 bits per heavy atom. The van der Waals surface area contributed by atoms with Crippen molar-refractivity contribution in [3.05, 3.63) is 0 Å². The fraction of sp³-hybridized carbons (Fsp3) is 1.00. The lowest BCUT2D eigenvalue weighted by Crippen LogP contribution is -2.43. The molecule has 0 spiro atoms. The predicted octanol–water partition coefficient (Wildman–Crippen LogP) is 0.505. The summed E-state index contributed by atoms with van der Waals surface area (Å²) < 4.78 is 25.7. The molecule has 1 atom stereocenters. The number of hydrogen-bond acceptors (Lipinski definition) is 4. The lowest BCUT2D eigenvalue weighted by atomic mass is 10.4. The third-order valence-corrected chi connectivity index (χ3v) is 5.94.